The van der Waals surface area contributed by atoms with Crippen LogP contribution >= 0.6 is 11.8 Å². The Morgan fingerprint density at radius 3 is 2.84 bits per heavy atom. The number of aromatic nitrogens is 1. The third kappa shape index (κ3) is 3.78. The molecule has 1 unspecified atom stereocenters. The monoisotopic (exact) mass is 385 g/mol. The summed E-state index contributed by atoms with van der Waals surface area (Å²) in [7, 11) is -3.83. The minimum Gasteiger partial charge on any atom is -0.492 e. The smallest absolute Gasteiger partial charge is 0.249 e. The number of carbonyl (C=O) groups is 1. The zero-order valence-corrected chi connectivity index (χ0v) is 15.9. The van der Waals surface area contributed by atoms with Crippen molar-refractivity contribution >= 4 is 27.7 Å². The van der Waals surface area contributed by atoms with Crippen LogP contribution in [0.25, 0.3) is 0 Å². The lowest BCUT2D eigenvalue weighted by atomic mass is 10.2. The number of pyridine rings is 1. The van der Waals surface area contributed by atoms with Crippen LogP contribution in [0, 0.1) is 0 Å². The van der Waals surface area contributed by atoms with Gasteiger partial charge in [0.05, 0.1) is 12.8 Å². The molecule has 1 atom stereocenters. The maximum Gasteiger partial charge on any atom is 0.249 e. The summed E-state index contributed by atoms with van der Waals surface area (Å²) >= 11 is 1.82. The van der Waals surface area contributed by atoms with E-state index in [2.05, 4.69) is 4.98 Å². The van der Waals surface area contributed by atoms with E-state index in [1.807, 2.05) is 11.8 Å². The Morgan fingerprint density at radius 2 is 2.12 bits per heavy atom. The number of ether oxygens (including phenoxy) is 1. The summed E-state index contributed by atoms with van der Waals surface area (Å²) in [5.41, 5.74) is 0. The van der Waals surface area contributed by atoms with Gasteiger partial charge in [-0.1, -0.05) is 0 Å². The van der Waals surface area contributed by atoms with Crippen LogP contribution in [0.4, 0.5) is 0 Å². The van der Waals surface area contributed by atoms with Crippen LogP contribution in [0.1, 0.15) is 19.8 Å². The highest BCUT2D eigenvalue weighted by Crippen LogP contribution is 2.32. The molecule has 3 rings (SSSR count). The van der Waals surface area contributed by atoms with Gasteiger partial charge in [0.15, 0.2) is 0 Å². The highest BCUT2D eigenvalue weighted by Gasteiger charge is 2.42. The van der Waals surface area contributed by atoms with E-state index in [4.69, 9.17) is 4.74 Å². The van der Waals surface area contributed by atoms with Gasteiger partial charge < -0.3 is 9.64 Å². The van der Waals surface area contributed by atoms with E-state index in [9.17, 15) is 13.2 Å². The fourth-order valence-electron chi connectivity index (χ4n) is 3.23. The molecule has 0 saturated carbocycles. The summed E-state index contributed by atoms with van der Waals surface area (Å²) in [6.07, 6.45) is 4.05. The predicted molar refractivity (Wildman–Crippen MR) is 96.2 cm³/mol. The Bertz CT molecular complexity index is 720. The van der Waals surface area contributed by atoms with Gasteiger partial charge in [-0.3, -0.25) is 9.78 Å². The molecule has 3 heterocycles. The molecular weight excluding hydrogens is 362 g/mol. The van der Waals surface area contributed by atoms with Crippen molar-refractivity contribution in [3.63, 3.8) is 0 Å². The van der Waals surface area contributed by atoms with Crippen molar-refractivity contribution in [3.8, 4) is 5.75 Å². The molecular formula is C16H23N3O4S2. The van der Waals surface area contributed by atoms with Gasteiger partial charge in [-0.15, -0.1) is 0 Å². The van der Waals surface area contributed by atoms with Crippen molar-refractivity contribution in [2.45, 2.75) is 30.7 Å². The fraction of sp³-hybridized carbons (Fsp3) is 0.625. The van der Waals surface area contributed by atoms with E-state index in [1.54, 1.807) is 17.9 Å². The summed E-state index contributed by atoms with van der Waals surface area (Å²) in [6.45, 7) is 3.88. The zero-order valence-electron chi connectivity index (χ0n) is 14.3. The van der Waals surface area contributed by atoms with Gasteiger partial charge in [0.25, 0.3) is 0 Å². The molecule has 9 heteroatoms. The molecule has 138 valence electrons. The third-order valence-electron chi connectivity index (χ3n) is 4.44. The summed E-state index contributed by atoms with van der Waals surface area (Å²) in [5.74, 6) is 2.01. The minimum atomic E-state index is -3.83. The summed E-state index contributed by atoms with van der Waals surface area (Å²) in [5, 5.41) is 0. The average Bonchev–Trinajstić information content (AvgIpc) is 3.13. The Morgan fingerprint density at radius 1 is 1.36 bits per heavy atom. The van der Waals surface area contributed by atoms with Crippen LogP contribution in [-0.4, -0.2) is 72.3 Å². The predicted octanol–water partition coefficient (Wildman–Crippen LogP) is 1.21. The number of nitrogens with zero attached hydrogens (tertiary/aromatic N) is 3. The Kier molecular flexibility index (Phi) is 5.85. The van der Waals surface area contributed by atoms with Gasteiger partial charge >= 0.3 is 0 Å². The first-order valence-electron chi connectivity index (χ1n) is 8.51. The average molecular weight is 386 g/mol. The van der Waals surface area contributed by atoms with Gasteiger partial charge in [-0.2, -0.15) is 16.1 Å². The summed E-state index contributed by atoms with van der Waals surface area (Å²) in [6, 6.07) is 0.924. The molecule has 0 spiro atoms. The normalized spacial score (nSPS) is 22.1. The Labute approximate surface area is 152 Å². The maximum atomic E-state index is 13.2. The highest BCUT2D eigenvalue weighted by molar-refractivity contribution is 7.99. The number of hydrogen-bond acceptors (Lipinski definition) is 6. The van der Waals surface area contributed by atoms with Crippen molar-refractivity contribution < 1.29 is 17.9 Å². The van der Waals surface area contributed by atoms with Crippen LogP contribution in [0.15, 0.2) is 23.4 Å². The summed E-state index contributed by atoms with van der Waals surface area (Å²) < 4.78 is 33.1. The van der Waals surface area contributed by atoms with Crippen LogP contribution in [-0.2, 0) is 14.8 Å². The van der Waals surface area contributed by atoms with Gasteiger partial charge in [-0.25, -0.2) is 8.42 Å². The van der Waals surface area contributed by atoms with E-state index in [1.165, 1.54) is 16.7 Å². The first-order chi connectivity index (χ1) is 12.1. The first-order valence-corrected chi connectivity index (χ1v) is 11.1. The molecule has 0 aliphatic carbocycles. The van der Waals surface area contributed by atoms with Gasteiger partial charge in [0.1, 0.15) is 16.7 Å². The molecule has 2 aliphatic heterocycles. The standard InChI is InChI=1S/C16H23N3O4S2/c1-2-23-14-5-6-17-12-15(14)25(21,22)19-7-3-4-13(19)16(20)18-8-10-24-11-9-18/h5-6,12-13H,2-4,7-11H2,1H3. The van der Waals surface area contributed by atoms with Crippen molar-refractivity contribution in [2.75, 3.05) is 37.7 Å². The first kappa shape index (κ1) is 18.5. The van der Waals surface area contributed by atoms with Crippen LogP contribution in [0.2, 0.25) is 0 Å². The molecule has 2 aliphatic rings. The molecule has 1 amide bonds. The lowest BCUT2D eigenvalue weighted by molar-refractivity contribution is -0.134. The Balaban J connectivity index is 1.87. The van der Waals surface area contributed by atoms with Gasteiger partial charge in [0, 0.05) is 37.3 Å². The number of carbonyl (C=O) groups excluding carboxylic acids is 1. The SMILES string of the molecule is CCOc1ccncc1S(=O)(=O)N1CCCC1C(=O)N1CCSCC1. The molecule has 0 N–H and O–H groups in total. The molecule has 25 heavy (non-hydrogen) atoms. The van der Waals surface area contributed by atoms with Crippen molar-refractivity contribution in [1.29, 1.82) is 0 Å². The van der Waals surface area contributed by atoms with Crippen molar-refractivity contribution in [3.05, 3.63) is 18.5 Å². The number of sulfonamides is 1. The van der Waals surface area contributed by atoms with E-state index < -0.39 is 16.1 Å². The topological polar surface area (TPSA) is 79.8 Å². The molecule has 0 bridgehead atoms. The quantitative estimate of drug-likeness (QED) is 0.758. The van der Waals surface area contributed by atoms with Crippen molar-refractivity contribution in [2.24, 2.45) is 0 Å². The number of rotatable bonds is 5. The second kappa shape index (κ2) is 7.92. The lowest BCUT2D eigenvalue weighted by Crippen LogP contribution is -2.50. The Hall–Kier alpha value is -1.32. The second-order valence-electron chi connectivity index (χ2n) is 5.97. The number of amides is 1. The molecule has 0 radical (unpaired) electrons. The minimum absolute atomic E-state index is 0.0331. The van der Waals surface area contributed by atoms with Crippen molar-refractivity contribution in [1.82, 2.24) is 14.2 Å². The van der Waals surface area contributed by atoms with E-state index in [-0.39, 0.29) is 16.6 Å². The number of thioether (sulfide) groups is 1. The van der Waals surface area contributed by atoms with E-state index in [0.717, 1.165) is 11.5 Å². The second-order valence-corrected chi connectivity index (χ2v) is 9.05. The van der Waals surface area contributed by atoms with Gasteiger partial charge in [-0.05, 0) is 25.8 Å². The lowest BCUT2D eigenvalue weighted by Gasteiger charge is -2.32. The molecule has 1 aromatic rings. The maximum absolute atomic E-state index is 13.2. The van der Waals surface area contributed by atoms with E-state index in [0.29, 0.717) is 39.1 Å². The number of hydrogen-bond donors (Lipinski definition) is 0. The molecule has 2 fully saturated rings. The highest BCUT2D eigenvalue weighted by atomic mass is 32.2. The van der Waals surface area contributed by atoms with Crippen LogP contribution in [0.5, 0.6) is 5.75 Å². The van der Waals surface area contributed by atoms with Crippen LogP contribution in [0.3, 0.4) is 0 Å². The largest absolute Gasteiger partial charge is 0.492 e. The summed E-state index contributed by atoms with van der Waals surface area (Å²) in [4.78, 5) is 18.6. The zero-order chi connectivity index (χ0) is 17.9. The fourth-order valence-corrected chi connectivity index (χ4v) is 5.86. The molecule has 0 aromatic carbocycles. The third-order valence-corrected chi connectivity index (χ3v) is 7.30. The molecule has 2 saturated heterocycles. The molecule has 7 nitrogen and oxygen atoms in total. The molecule has 1 aromatic heterocycles. The van der Waals surface area contributed by atoms with Crippen LogP contribution < -0.4 is 4.74 Å². The van der Waals surface area contributed by atoms with E-state index >= 15 is 0 Å². The van der Waals surface area contributed by atoms with Gasteiger partial charge in [0.2, 0.25) is 15.9 Å².